The summed E-state index contributed by atoms with van der Waals surface area (Å²) in [5.74, 6) is -0.611. The van der Waals surface area contributed by atoms with Crippen LogP contribution in [0, 0.1) is 11.9 Å². The SMILES string of the molecule is Cn1cc(F)nc1-c1nc(F)cn1C. The highest BCUT2D eigenvalue weighted by molar-refractivity contribution is 5.44. The molecule has 2 aromatic rings. The predicted molar refractivity (Wildman–Crippen MR) is 45.3 cm³/mol. The van der Waals surface area contributed by atoms with Gasteiger partial charge in [-0.25, -0.2) is 0 Å². The fourth-order valence-corrected chi connectivity index (χ4v) is 1.28. The van der Waals surface area contributed by atoms with Gasteiger partial charge in [0.25, 0.3) is 0 Å². The Morgan fingerprint density at radius 1 is 0.929 bits per heavy atom. The molecule has 0 bridgehead atoms. The molecule has 0 radical (unpaired) electrons. The van der Waals surface area contributed by atoms with E-state index in [1.165, 1.54) is 21.5 Å². The van der Waals surface area contributed by atoms with Gasteiger partial charge >= 0.3 is 0 Å². The molecule has 6 heteroatoms. The summed E-state index contributed by atoms with van der Waals surface area (Å²) in [5, 5.41) is 0. The van der Waals surface area contributed by atoms with Gasteiger partial charge in [0.05, 0.1) is 12.4 Å². The van der Waals surface area contributed by atoms with E-state index in [1.807, 2.05) is 0 Å². The van der Waals surface area contributed by atoms with Crippen LogP contribution in [-0.4, -0.2) is 19.1 Å². The molecule has 0 aromatic carbocycles. The highest BCUT2D eigenvalue weighted by Crippen LogP contribution is 2.15. The Morgan fingerprint density at radius 2 is 1.29 bits per heavy atom. The number of hydrogen-bond acceptors (Lipinski definition) is 2. The van der Waals surface area contributed by atoms with Gasteiger partial charge in [-0.15, -0.1) is 0 Å². The van der Waals surface area contributed by atoms with Gasteiger partial charge in [-0.3, -0.25) is 0 Å². The molecule has 2 aromatic heterocycles. The van der Waals surface area contributed by atoms with Crippen LogP contribution in [0.1, 0.15) is 0 Å². The van der Waals surface area contributed by atoms with Gasteiger partial charge in [0, 0.05) is 14.1 Å². The molecule has 2 heterocycles. The number of nitrogens with zero attached hydrogens (tertiary/aromatic N) is 4. The molecule has 4 nitrogen and oxygen atoms in total. The largest absolute Gasteiger partial charge is 0.328 e. The van der Waals surface area contributed by atoms with Crippen molar-refractivity contribution in [3.05, 3.63) is 24.3 Å². The monoisotopic (exact) mass is 198 g/mol. The molecule has 0 unspecified atom stereocenters. The third-order valence-corrected chi connectivity index (χ3v) is 1.89. The molecule has 0 N–H and O–H groups in total. The summed E-state index contributed by atoms with van der Waals surface area (Å²) in [7, 11) is 3.25. The lowest BCUT2D eigenvalue weighted by molar-refractivity contribution is 0.587. The summed E-state index contributed by atoms with van der Waals surface area (Å²) in [5.41, 5.74) is 0. The van der Waals surface area contributed by atoms with E-state index >= 15 is 0 Å². The third-order valence-electron chi connectivity index (χ3n) is 1.89. The van der Waals surface area contributed by atoms with Gasteiger partial charge in [0.1, 0.15) is 0 Å². The first kappa shape index (κ1) is 8.86. The Balaban J connectivity index is 2.59. The standard InChI is InChI=1S/C8H8F2N4/c1-13-3-5(9)11-7(13)8-12-6(10)4-14(8)2/h3-4H,1-2H3. The number of aryl methyl sites for hydroxylation is 2. The zero-order chi connectivity index (χ0) is 10.3. The number of rotatable bonds is 1. The Hall–Kier alpha value is -1.72. The minimum atomic E-state index is -0.606. The van der Waals surface area contributed by atoms with Crippen molar-refractivity contribution in [3.63, 3.8) is 0 Å². The maximum atomic E-state index is 12.7. The molecule has 0 amide bonds. The van der Waals surface area contributed by atoms with Crippen LogP contribution >= 0.6 is 0 Å². The molecule has 2 rings (SSSR count). The van der Waals surface area contributed by atoms with Gasteiger partial charge in [-0.1, -0.05) is 0 Å². The van der Waals surface area contributed by atoms with Crippen LogP contribution in [0.5, 0.6) is 0 Å². The summed E-state index contributed by atoms with van der Waals surface area (Å²) in [6.07, 6.45) is 2.42. The van der Waals surface area contributed by atoms with E-state index in [0.29, 0.717) is 11.6 Å². The first-order chi connectivity index (χ1) is 6.58. The van der Waals surface area contributed by atoms with Crippen molar-refractivity contribution >= 4 is 0 Å². The van der Waals surface area contributed by atoms with Crippen molar-refractivity contribution in [2.75, 3.05) is 0 Å². The van der Waals surface area contributed by atoms with Gasteiger partial charge in [0.2, 0.25) is 11.9 Å². The average Bonchev–Trinajstić information content (AvgIpc) is 2.55. The first-order valence-electron chi connectivity index (χ1n) is 3.96. The van der Waals surface area contributed by atoms with Gasteiger partial charge < -0.3 is 9.13 Å². The highest BCUT2D eigenvalue weighted by atomic mass is 19.1. The lowest BCUT2D eigenvalue weighted by Gasteiger charge is -1.99. The minimum Gasteiger partial charge on any atom is -0.328 e. The van der Waals surface area contributed by atoms with Crippen LogP contribution in [0.2, 0.25) is 0 Å². The fraction of sp³-hybridized carbons (Fsp3) is 0.250. The Labute approximate surface area is 78.8 Å². The van der Waals surface area contributed by atoms with E-state index in [0.717, 1.165) is 0 Å². The van der Waals surface area contributed by atoms with Crippen molar-refractivity contribution < 1.29 is 8.78 Å². The molecule has 0 aliphatic heterocycles. The normalized spacial score (nSPS) is 10.9. The summed E-state index contributed by atoms with van der Waals surface area (Å²) in [4.78, 5) is 7.20. The van der Waals surface area contributed by atoms with Crippen molar-refractivity contribution in [2.45, 2.75) is 0 Å². The van der Waals surface area contributed by atoms with Crippen molar-refractivity contribution in [1.82, 2.24) is 19.1 Å². The molecular weight excluding hydrogens is 190 g/mol. The molecule has 0 fully saturated rings. The summed E-state index contributed by atoms with van der Waals surface area (Å²) in [6, 6.07) is 0. The maximum Gasteiger partial charge on any atom is 0.231 e. The van der Waals surface area contributed by atoms with Crippen molar-refractivity contribution in [2.24, 2.45) is 14.1 Å². The van der Waals surface area contributed by atoms with Crippen LogP contribution in [0.15, 0.2) is 12.4 Å². The minimum absolute atomic E-state index is 0.300. The smallest absolute Gasteiger partial charge is 0.231 e. The van der Waals surface area contributed by atoms with Crippen LogP contribution in [0.25, 0.3) is 11.6 Å². The van der Waals surface area contributed by atoms with Crippen LogP contribution in [-0.2, 0) is 14.1 Å². The molecule has 14 heavy (non-hydrogen) atoms. The van der Waals surface area contributed by atoms with E-state index < -0.39 is 11.9 Å². The number of imidazole rings is 2. The summed E-state index contributed by atoms with van der Waals surface area (Å²) < 4.78 is 28.4. The fourth-order valence-electron chi connectivity index (χ4n) is 1.28. The van der Waals surface area contributed by atoms with Crippen molar-refractivity contribution in [3.8, 4) is 11.6 Å². The molecule has 74 valence electrons. The average molecular weight is 198 g/mol. The zero-order valence-corrected chi connectivity index (χ0v) is 7.70. The molecule has 0 spiro atoms. The maximum absolute atomic E-state index is 12.7. The summed E-state index contributed by atoms with van der Waals surface area (Å²) >= 11 is 0. The van der Waals surface area contributed by atoms with E-state index in [4.69, 9.17) is 0 Å². The van der Waals surface area contributed by atoms with E-state index in [2.05, 4.69) is 9.97 Å². The van der Waals surface area contributed by atoms with E-state index in [-0.39, 0.29) is 0 Å². The molecule has 0 aliphatic carbocycles. The lowest BCUT2D eigenvalue weighted by atomic mass is 10.5. The highest BCUT2D eigenvalue weighted by Gasteiger charge is 2.13. The van der Waals surface area contributed by atoms with Gasteiger partial charge in [-0.2, -0.15) is 18.7 Å². The second-order valence-corrected chi connectivity index (χ2v) is 3.00. The molecule has 0 saturated heterocycles. The predicted octanol–water partition coefficient (Wildman–Crippen LogP) is 1.10. The number of halogens is 2. The number of hydrogen-bond donors (Lipinski definition) is 0. The van der Waals surface area contributed by atoms with Crippen LogP contribution < -0.4 is 0 Å². The van der Waals surface area contributed by atoms with E-state index in [9.17, 15) is 8.78 Å². The second-order valence-electron chi connectivity index (χ2n) is 3.00. The quantitative estimate of drug-likeness (QED) is 0.687. The second kappa shape index (κ2) is 2.90. The lowest BCUT2D eigenvalue weighted by Crippen LogP contribution is -1.98. The van der Waals surface area contributed by atoms with Gasteiger partial charge in [0.15, 0.2) is 11.6 Å². The van der Waals surface area contributed by atoms with Crippen molar-refractivity contribution in [1.29, 1.82) is 0 Å². The Morgan fingerprint density at radius 3 is 1.50 bits per heavy atom. The molecule has 0 atom stereocenters. The zero-order valence-electron chi connectivity index (χ0n) is 7.70. The van der Waals surface area contributed by atoms with E-state index in [1.54, 1.807) is 14.1 Å². The van der Waals surface area contributed by atoms with Gasteiger partial charge in [-0.05, 0) is 0 Å². The number of aromatic nitrogens is 4. The van der Waals surface area contributed by atoms with Crippen LogP contribution in [0.4, 0.5) is 8.78 Å². The Bertz CT molecular complexity index is 427. The third kappa shape index (κ3) is 1.28. The molecule has 0 saturated carbocycles. The Kier molecular flexibility index (Phi) is 1.83. The first-order valence-corrected chi connectivity index (χ1v) is 3.96. The van der Waals surface area contributed by atoms with Crippen LogP contribution in [0.3, 0.4) is 0 Å². The molecular formula is C8H8F2N4. The molecule has 0 aliphatic rings. The topological polar surface area (TPSA) is 35.6 Å². The summed E-state index contributed by atoms with van der Waals surface area (Å²) in [6.45, 7) is 0.